The molecule has 2 amide bonds. The van der Waals surface area contributed by atoms with Gasteiger partial charge in [-0.05, 0) is 24.6 Å². The van der Waals surface area contributed by atoms with E-state index in [0.29, 0.717) is 24.5 Å². The summed E-state index contributed by atoms with van der Waals surface area (Å²) in [4.78, 5) is 38.7. The van der Waals surface area contributed by atoms with Crippen molar-refractivity contribution in [1.82, 2.24) is 10.1 Å². The number of hydrogen-bond acceptors (Lipinski definition) is 7. The molecule has 8 nitrogen and oxygen atoms in total. The number of benzene rings is 2. The van der Waals surface area contributed by atoms with E-state index < -0.39 is 11.9 Å². The Morgan fingerprint density at radius 1 is 1.03 bits per heavy atom. The van der Waals surface area contributed by atoms with Gasteiger partial charge in [0.25, 0.3) is 11.8 Å². The average Bonchev–Trinajstić information content (AvgIpc) is 3.37. The van der Waals surface area contributed by atoms with Gasteiger partial charge in [-0.1, -0.05) is 35.5 Å². The fourth-order valence-electron chi connectivity index (χ4n) is 3.33. The van der Waals surface area contributed by atoms with Crippen molar-refractivity contribution in [3.8, 4) is 11.3 Å². The van der Waals surface area contributed by atoms with Crippen LogP contribution in [-0.4, -0.2) is 48.1 Å². The zero-order valence-corrected chi connectivity index (χ0v) is 16.9. The predicted molar refractivity (Wildman–Crippen MR) is 109 cm³/mol. The second-order valence-electron chi connectivity index (χ2n) is 6.99. The maximum absolute atomic E-state index is 12.6. The fourth-order valence-corrected chi connectivity index (χ4v) is 3.33. The van der Waals surface area contributed by atoms with Crippen LogP contribution in [0.4, 0.5) is 0 Å². The molecule has 0 spiro atoms. The summed E-state index contributed by atoms with van der Waals surface area (Å²) in [5.41, 5.74) is 1.99. The quantitative estimate of drug-likeness (QED) is 0.313. The number of ether oxygens (including phenoxy) is 2. The first-order chi connectivity index (χ1) is 15.1. The third-order valence-corrected chi connectivity index (χ3v) is 4.90. The van der Waals surface area contributed by atoms with Gasteiger partial charge in [0.15, 0.2) is 5.76 Å². The van der Waals surface area contributed by atoms with E-state index in [0.717, 1.165) is 5.56 Å². The average molecular weight is 420 g/mol. The Bertz CT molecular complexity index is 1120. The zero-order valence-electron chi connectivity index (χ0n) is 16.9. The minimum absolute atomic E-state index is 0.0811. The summed E-state index contributed by atoms with van der Waals surface area (Å²) in [5, 5.41) is 3.92. The molecule has 0 radical (unpaired) electrons. The summed E-state index contributed by atoms with van der Waals surface area (Å²) in [6.07, 6.45) is 0.541. The molecule has 0 unspecified atom stereocenters. The fraction of sp³-hybridized carbons (Fsp3) is 0.217. The van der Waals surface area contributed by atoms with Crippen molar-refractivity contribution in [3.63, 3.8) is 0 Å². The van der Waals surface area contributed by atoms with Gasteiger partial charge in [-0.2, -0.15) is 0 Å². The number of esters is 1. The number of carbonyl (C=O) groups excluding carboxylic acids is 3. The van der Waals surface area contributed by atoms with Crippen LogP contribution in [0.15, 0.2) is 59.1 Å². The third kappa shape index (κ3) is 4.24. The Kier molecular flexibility index (Phi) is 5.90. The molecule has 1 aromatic heterocycles. The highest BCUT2D eigenvalue weighted by molar-refractivity contribution is 6.21. The van der Waals surface area contributed by atoms with Crippen LogP contribution in [0.5, 0.6) is 0 Å². The smallest absolute Gasteiger partial charge is 0.338 e. The molecule has 2 aromatic carbocycles. The largest absolute Gasteiger partial charge is 0.455 e. The lowest BCUT2D eigenvalue weighted by Gasteiger charge is -2.12. The number of rotatable bonds is 8. The van der Waals surface area contributed by atoms with Crippen molar-refractivity contribution in [2.45, 2.75) is 13.0 Å². The van der Waals surface area contributed by atoms with Gasteiger partial charge in [-0.25, -0.2) is 4.79 Å². The van der Waals surface area contributed by atoms with Gasteiger partial charge in [0.05, 0.1) is 16.7 Å². The summed E-state index contributed by atoms with van der Waals surface area (Å²) in [5.74, 6) is -0.839. The summed E-state index contributed by atoms with van der Waals surface area (Å²) in [6.45, 7) is 0.622. The molecule has 3 aromatic rings. The number of aromatic nitrogens is 1. The number of fused-ring (bicyclic) bond motifs is 1. The summed E-state index contributed by atoms with van der Waals surface area (Å²) in [7, 11) is 1.56. The van der Waals surface area contributed by atoms with Crippen molar-refractivity contribution in [2.75, 3.05) is 20.3 Å². The first-order valence-corrected chi connectivity index (χ1v) is 9.76. The first-order valence-electron chi connectivity index (χ1n) is 9.76. The van der Waals surface area contributed by atoms with E-state index in [2.05, 4.69) is 5.16 Å². The zero-order chi connectivity index (χ0) is 21.8. The van der Waals surface area contributed by atoms with Crippen LogP contribution >= 0.6 is 0 Å². The van der Waals surface area contributed by atoms with Gasteiger partial charge in [0, 0.05) is 31.9 Å². The second kappa shape index (κ2) is 8.93. The molecular formula is C23H20N2O6. The molecule has 0 saturated carbocycles. The van der Waals surface area contributed by atoms with E-state index >= 15 is 0 Å². The van der Waals surface area contributed by atoms with Crippen molar-refractivity contribution >= 4 is 17.8 Å². The highest BCUT2D eigenvalue weighted by atomic mass is 16.5. The van der Waals surface area contributed by atoms with E-state index in [4.69, 9.17) is 14.0 Å². The SMILES string of the molecule is COCCCN1C(=O)c2ccc(C(=O)OCc3cc(-c4ccccc4)on3)cc2C1=O. The predicted octanol–water partition coefficient (Wildman–Crippen LogP) is 3.33. The molecule has 31 heavy (non-hydrogen) atoms. The van der Waals surface area contributed by atoms with E-state index in [-0.39, 0.29) is 35.7 Å². The van der Waals surface area contributed by atoms with E-state index in [1.54, 1.807) is 13.2 Å². The molecule has 2 heterocycles. The van der Waals surface area contributed by atoms with Crippen molar-refractivity contribution in [1.29, 1.82) is 0 Å². The highest BCUT2D eigenvalue weighted by Crippen LogP contribution is 2.25. The number of hydrogen-bond donors (Lipinski definition) is 0. The summed E-state index contributed by atoms with van der Waals surface area (Å²) < 4.78 is 15.6. The molecule has 0 bridgehead atoms. The molecule has 1 aliphatic heterocycles. The lowest BCUT2D eigenvalue weighted by molar-refractivity contribution is 0.0464. The van der Waals surface area contributed by atoms with Gasteiger partial charge >= 0.3 is 5.97 Å². The third-order valence-electron chi connectivity index (χ3n) is 4.90. The first kappa shape index (κ1) is 20.5. The molecule has 0 N–H and O–H groups in total. The Labute approximate surface area is 178 Å². The van der Waals surface area contributed by atoms with Gasteiger partial charge in [-0.15, -0.1) is 0 Å². The standard InChI is InChI=1S/C23H20N2O6/c1-29-11-5-10-25-21(26)18-9-8-16(12-19(18)22(25)27)23(28)30-14-17-13-20(31-24-17)15-6-3-2-4-7-15/h2-4,6-9,12-13H,5,10-11,14H2,1H3. The van der Waals surface area contributed by atoms with Crippen molar-refractivity contribution in [2.24, 2.45) is 0 Å². The number of carbonyl (C=O) groups is 3. The minimum Gasteiger partial charge on any atom is -0.455 e. The maximum atomic E-state index is 12.6. The molecule has 8 heteroatoms. The van der Waals surface area contributed by atoms with Crippen LogP contribution < -0.4 is 0 Å². The van der Waals surface area contributed by atoms with Crippen molar-refractivity contribution < 1.29 is 28.4 Å². The number of amides is 2. The number of nitrogens with zero attached hydrogens (tertiary/aromatic N) is 2. The van der Waals surface area contributed by atoms with Crippen LogP contribution in [0, 0.1) is 0 Å². The molecular weight excluding hydrogens is 400 g/mol. The molecule has 0 atom stereocenters. The summed E-state index contributed by atoms with van der Waals surface area (Å²) in [6, 6.07) is 15.5. The topological polar surface area (TPSA) is 98.9 Å². The lowest BCUT2D eigenvalue weighted by atomic mass is 10.1. The second-order valence-corrected chi connectivity index (χ2v) is 6.99. The molecule has 0 saturated heterocycles. The van der Waals surface area contributed by atoms with Crippen LogP contribution in [0.3, 0.4) is 0 Å². The van der Waals surface area contributed by atoms with Crippen LogP contribution in [0.2, 0.25) is 0 Å². The normalized spacial score (nSPS) is 12.9. The Hall–Kier alpha value is -3.78. The van der Waals surface area contributed by atoms with Crippen LogP contribution in [0.25, 0.3) is 11.3 Å². The molecule has 0 fully saturated rings. The summed E-state index contributed by atoms with van der Waals surface area (Å²) >= 11 is 0. The monoisotopic (exact) mass is 420 g/mol. The maximum Gasteiger partial charge on any atom is 0.338 e. The number of imide groups is 1. The Morgan fingerprint density at radius 3 is 2.58 bits per heavy atom. The van der Waals surface area contributed by atoms with Gasteiger partial charge in [0.1, 0.15) is 12.3 Å². The van der Waals surface area contributed by atoms with E-state index in [9.17, 15) is 14.4 Å². The molecule has 4 rings (SSSR count). The molecule has 0 aliphatic carbocycles. The minimum atomic E-state index is -0.620. The lowest BCUT2D eigenvalue weighted by Crippen LogP contribution is -2.31. The van der Waals surface area contributed by atoms with Gasteiger partial charge in [-0.3, -0.25) is 14.5 Å². The van der Waals surface area contributed by atoms with E-state index in [1.165, 1.54) is 23.1 Å². The van der Waals surface area contributed by atoms with Crippen molar-refractivity contribution in [3.05, 3.63) is 77.0 Å². The molecule has 158 valence electrons. The van der Waals surface area contributed by atoms with Crippen LogP contribution in [0.1, 0.15) is 43.2 Å². The van der Waals surface area contributed by atoms with Gasteiger partial charge < -0.3 is 14.0 Å². The van der Waals surface area contributed by atoms with Gasteiger partial charge in [0.2, 0.25) is 0 Å². The Morgan fingerprint density at radius 2 is 1.81 bits per heavy atom. The number of methoxy groups -OCH3 is 1. The van der Waals surface area contributed by atoms with E-state index in [1.807, 2.05) is 30.3 Å². The molecule has 1 aliphatic rings. The Balaban J connectivity index is 1.41. The van der Waals surface area contributed by atoms with Crippen LogP contribution in [-0.2, 0) is 16.1 Å². The highest BCUT2D eigenvalue weighted by Gasteiger charge is 2.35.